The Hall–Kier alpha value is -2.42. The third-order valence-electron chi connectivity index (χ3n) is 4.19. The van der Waals surface area contributed by atoms with Crippen molar-refractivity contribution in [3.8, 4) is 5.75 Å². The van der Waals surface area contributed by atoms with Crippen molar-refractivity contribution in [2.75, 3.05) is 19.4 Å². The molecule has 3 rings (SSSR count). The van der Waals surface area contributed by atoms with Crippen LogP contribution in [0.4, 0.5) is 0 Å². The number of amides is 1. The van der Waals surface area contributed by atoms with Gasteiger partial charge in [-0.2, -0.15) is 0 Å². The van der Waals surface area contributed by atoms with Crippen LogP contribution in [0, 0.1) is 0 Å². The van der Waals surface area contributed by atoms with Crippen molar-refractivity contribution >= 4 is 15.7 Å². The summed E-state index contributed by atoms with van der Waals surface area (Å²) in [4.78, 5) is 14.4. The van der Waals surface area contributed by atoms with Crippen molar-refractivity contribution in [1.29, 1.82) is 0 Å². The summed E-state index contributed by atoms with van der Waals surface area (Å²) in [5.41, 5.74) is 0.881. The van der Waals surface area contributed by atoms with E-state index < -0.39 is 15.1 Å². The highest BCUT2D eigenvalue weighted by Gasteiger charge is 2.34. The highest BCUT2D eigenvalue weighted by Crippen LogP contribution is 2.32. The van der Waals surface area contributed by atoms with Crippen LogP contribution >= 0.6 is 0 Å². The molecule has 140 valence electrons. The number of benzene rings is 1. The Morgan fingerprint density at radius 1 is 1.31 bits per heavy atom. The summed E-state index contributed by atoms with van der Waals surface area (Å²) in [6, 6.07) is 7.02. The topological polar surface area (TPSA) is 103 Å². The molecule has 0 unspecified atom stereocenters. The van der Waals surface area contributed by atoms with E-state index in [1.165, 1.54) is 0 Å². The average molecular weight is 379 g/mol. The maximum absolute atomic E-state index is 12.7. The molecule has 1 aromatic heterocycles. The normalized spacial score (nSPS) is 17.5. The second-order valence-corrected chi connectivity index (χ2v) is 8.07. The van der Waals surface area contributed by atoms with E-state index >= 15 is 0 Å². The van der Waals surface area contributed by atoms with E-state index in [9.17, 15) is 13.2 Å². The zero-order valence-electron chi connectivity index (χ0n) is 14.7. The Morgan fingerprint density at radius 3 is 2.65 bits per heavy atom. The van der Waals surface area contributed by atoms with Gasteiger partial charge in [0, 0.05) is 12.8 Å². The summed E-state index contributed by atoms with van der Waals surface area (Å²) in [6.45, 7) is 3.09. The third kappa shape index (κ3) is 4.04. The Kier molecular flexibility index (Phi) is 5.26. The van der Waals surface area contributed by atoms with Crippen LogP contribution in [-0.2, 0) is 21.1 Å². The molecule has 1 saturated heterocycles. The van der Waals surface area contributed by atoms with E-state index in [1.807, 2.05) is 31.2 Å². The van der Waals surface area contributed by atoms with Gasteiger partial charge in [-0.3, -0.25) is 4.79 Å². The van der Waals surface area contributed by atoms with Gasteiger partial charge in [-0.1, -0.05) is 17.2 Å². The molecule has 1 amide bonds. The number of rotatable bonds is 6. The molecule has 9 heteroatoms. The molecule has 1 atom stereocenters. The van der Waals surface area contributed by atoms with Crippen molar-refractivity contribution in [2.24, 2.45) is 0 Å². The number of likely N-dealkylation sites (tertiary alicyclic amines) is 1. The standard InChI is InChI=1S/C17H21N3O5S/c1-3-24-13-8-6-12(7-9-13)11-15(21)20-10-4-5-14(20)16-18-19-17(25-16)26(2,22)23/h6-9,14H,3-5,10-11H2,1-2H3/t14-/m0/s1. The summed E-state index contributed by atoms with van der Waals surface area (Å²) >= 11 is 0. The predicted octanol–water partition coefficient (Wildman–Crippen LogP) is 1.78. The van der Waals surface area contributed by atoms with E-state index in [1.54, 1.807) is 4.90 Å². The van der Waals surface area contributed by atoms with Gasteiger partial charge < -0.3 is 14.1 Å². The van der Waals surface area contributed by atoms with Gasteiger partial charge in [0.2, 0.25) is 21.6 Å². The van der Waals surface area contributed by atoms with Crippen LogP contribution in [0.1, 0.15) is 37.3 Å². The summed E-state index contributed by atoms with van der Waals surface area (Å²) in [5.74, 6) is 0.876. The maximum Gasteiger partial charge on any atom is 0.335 e. The fourth-order valence-electron chi connectivity index (χ4n) is 2.97. The Labute approximate surface area is 152 Å². The van der Waals surface area contributed by atoms with Crippen molar-refractivity contribution in [1.82, 2.24) is 15.1 Å². The van der Waals surface area contributed by atoms with E-state index in [0.29, 0.717) is 19.6 Å². The highest BCUT2D eigenvalue weighted by molar-refractivity contribution is 7.90. The van der Waals surface area contributed by atoms with Crippen molar-refractivity contribution in [2.45, 2.75) is 37.5 Å². The fraction of sp³-hybridized carbons (Fsp3) is 0.471. The average Bonchev–Trinajstić information content (AvgIpc) is 3.25. The van der Waals surface area contributed by atoms with Crippen molar-refractivity contribution < 1.29 is 22.4 Å². The molecule has 1 aliphatic heterocycles. The lowest BCUT2D eigenvalue weighted by Gasteiger charge is -2.22. The number of sulfone groups is 1. The Bertz CT molecular complexity index is 876. The van der Waals surface area contributed by atoms with Gasteiger partial charge in [-0.25, -0.2) is 8.42 Å². The highest BCUT2D eigenvalue weighted by atomic mass is 32.2. The first-order valence-corrected chi connectivity index (χ1v) is 10.3. The van der Waals surface area contributed by atoms with Crippen LogP contribution in [0.5, 0.6) is 5.75 Å². The van der Waals surface area contributed by atoms with Crippen LogP contribution < -0.4 is 4.74 Å². The quantitative estimate of drug-likeness (QED) is 0.754. The molecule has 2 aromatic rings. The fourth-order valence-corrected chi connectivity index (χ4v) is 3.40. The molecular formula is C17H21N3O5S. The molecule has 1 aromatic carbocycles. The molecule has 0 N–H and O–H groups in total. The Morgan fingerprint density at radius 2 is 2.04 bits per heavy atom. The number of carbonyl (C=O) groups is 1. The molecule has 1 fully saturated rings. The monoisotopic (exact) mass is 379 g/mol. The second kappa shape index (κ2) is 7.45. The summed E-state index contributed by atoms with van der Waals surface area (Å²) in [6.07, 6.45) is 2.72. The van der Waals surface area contributed by atoms with Crippen LogP contribution in [0.3, 0.4) is 0 Å². The van der Waals surface area contributed by atoms with Gasteiger partial charge in [-0.15, -0.1) is 5.10 Å². The first-order valence-electron chi connectivity index (χ1n) is 8.43. The van der Waals surface area contributed by atoms with Crippen LogP contribution in [0.15, 0.2) is 33.9 Å². The van der Waals surface area contributed by atoms with Gasteiger partial charge >= 0.3 is 5.22 Å². The minimum Gasteiger partial charge on any atom is -0.494 e. The SMILES string of the molecule is CCOc1ccc(CC(=O)N2CCC[C@H]2c2nnc(S(C)(=O)=O)o2)cc1. The zero-order valence-corrected chi connectivity index (χ0v) is 15.5. The molecule has 0 bridgehead atoms. The lowest BCUT2D eigenvalue weighted by Crippen LogP contribution is -2.32. The molecule has 2 heterocycles. The minimum atomic E-state index is -3.56. The predicted molar refractivity (Wildman–Crippen MR) is 92.4 cm³/mol. The molecule has 0 saturated carbocycles. The summed E-state index contributed by atoms with van der Waals surface area (Å²) in [5, 5.41) is 6.99. The van der Waals surface area contributed by atoms with Crippen LogP contribution in [0.2, 0.25) is 0 Å². The third-order valence-corrected chi connectivity index (χ3v) is 4.99. The number of aromatic nitrogens is 2. The lowest BCUT2D eigenvalue weighted by molar-refractivity contribution is -0.131. The van der Waals surface area contributed by atoms with Gasteiger partial charge in [-0.05, 0) is 37.5 Å². The summed E-state index contributed by atoms with van der Waals surface area (Å²) < 4.78 is 33.7. The van der Waals surface area contributed by atoms with Gasteiger partial charge in [0.1, 0.15) is 11.8 Å². The molecule has 1 aliphatic rings. The lowest BCUT2D eigenvalue weighted by atomic mass is 10.1. The van der Waals surface area contributed by atoms with E-state index in [0.717, 1.165) is 24.0 Å². The molecular weight excluding hydrogens is 358 g/mol. The van der Waals surface area contributed by atoms with E-state index in [-0.39, 0.29) is 24.3 Å². The molecule has 0 radical (unpaired) electrons. The molecule has 0 spiro atoms. The van der Waals surface area contributed by atoms with Crippen LogP contribution in [0.25, 0.3) is 0 Å². The molecule has 26 heavy (non-hydrogen) atoms. The first-order chi connectivity index (χ1) is 12.4. The number of carbonyl (C=O) groups excluding carboxylic acids is 1. The maximum atomic E-state index is 12.7. The number of nitrogens with zero attached hydrogens (tertiary/aromatic N) is 3. The smallest absolute Gasteiger partial charge is 0.335 e. The summed E-state index contributed by atoms with van der Waals surface area (Å²) in [7, 11) is -3.56. The van der Waals surface area contributed by atoms with E-state index in [2.05, 4.69) is 10.2 Å². The van der Waals surface area contributed by atoms with Crippen LogP contribution in [-0.4, -0.2) is 48.8 Å². The number of hydrogen-bond donors (Lipinski definition) is 0. The zero-order chi connectivity index (χ0) is 18.7. The second-order valence-electron chi connectivity index (χ2n) is 6.18. The largest absolute Gasteiger partial charge is 0.494 e. The van der Waals surface area contributed by atoms with Gasteiger partial charge in [0.25, 0.3) is 0 Å². The van der Waals surface area contributed by atoms with Crippen molar-refractivity contribution in [3.05, 3.63) is 35.7 Å². The number of ether oxygens (including phenoxy) is 1. The molecule has 0 aliphatic carbocycles. The number of hydrogen-bond acceptors (Lipinski definition) is 7. The van der Waals surface area contributed by atoms with E-state index in [4.69, 9.17) is 9.15 Å². The van der Waals surface area contributed by atoms with Crippen molar-refractivity contribution in [3.63, 3.8) is 0 Å². The molecule has 8 nitrogen and oxygen atoms in total. The minimum absolute atomic E-state index is 0.0595. The van der Waals surface area contributed by atoms with Gasteiger partial charge in [0.15, 0.2) is 0 Å². The first kappa shape index (κ1) is 18.4. The van der Waals surface area contributed by atoms with Gasteiger partial charge in [0.05, 0.1) is 13.0 Å². The Balaban J connectivity index is 1.71.